The number of Topliss-reactive ketones (excluding diaryl/α,β-unsaturated/α-hetero) is 1. The minimum Gasteiger partial charge on any atom is -0.454 e. The van der Waals surface area contributed by atoms with E-state index in [-0.39, 0.29) is 17.4 Å². The van der Waals surface area contributed by atoms with Gasteiger partial charge in [0.2, 0.25) is 0 Å². The minimum atomic E-state index is -0.774. The Labute approximate surface area is 135 Å². The Bertz CT molecular complexity index is 604. The van der Waals surface area contributed by atoms with Crippen LogP contribution < -0.4 is 0 Å². The zero-order valence-corrected chi connectivity index (χ0v) is 13.7. The fourth-order valence-electron chi connectivity index (χ4n) is 2.02. The number of hydrogen-bond donors (Lipinski definition) is 0. The number of ketones is 1. The van der Waals surface area contributed by atoms with Crippen LogP contribution in [0.25, 0.3) is 6.08 Å². The number of ether oxygens (including phenoxy) is 1. The van der Waals surface area contributed by atoms with Gasteiger partial charge in [0.25, 0.3) is 5.69 Å². The van der Waals surface area contributed by atoms with E-state index in [4.69, 9.17) is 4.74 Å². The average molecular weight is 319 g/mol. The largest absolute Gasteiger partial charge is 0.454 e. The van der Waals surface area contributed by atoms with Crippen LogP contribution >= 0.6 is 0 Å². The summed E-state index contributed by atoms with van der Waals surface area (Å²) in [5.41, 5.74) is 0.768. The van der Waals surface area contributed by atoms with Gasteiger partial charge in [0.05, 0.1) is 4.92 Å². The van der Waals surface area contributed by atoms with Crippen molar-refractivity contribution in [2.45, 2.75) is 33.8 Å². The number of nitro benzene ring substituents is 1. The first-order chi connectivity index (χ1) is 10.7. The predicted octanol–water partition coefficient (Wildman–Crippen LogP) is 3.40. The molecule has 0 aliphatic heterocycles. The first-order valence-corrected chi connectivity index (χ1v) is 7.36. The molecule has 0 aromatic heterocycles. The third-order valence-electron chi connectivity index (χ3n) is 3.31. The molecule has 0 radical (unpaired) electrons. The number of nitrogens with zero attached hydrogens (tertiary/aromatic N) is 1. The van der Waals surface area contributed by atoms with E-state index in [1.807, 2.05) is 13.8 Å². The lowest BCUT2D eigenvalue weighted by atomic mass is 9.93. The van der Waals surface area contributed by atoms with Crippen molar-refractivity contribution in [1.82, 2.24) is 0 Å². The molecule has 6 nitrogen and oxygen atoms in total. The lowest BCUT2D eigenvalue weighted by Gasteiger charge is -2.21. The standard InChI is InChI=1S/C17H21NO5/c1-11(2)17(23-13(4)19)16(20)12(3)5-6-14-7-9-15(10-8-14)18(21)22/h5-12,17H,1-4H3/b6-5+. The molecular formula is C17H21NO5. The van der Waals surface area contributed by atoms with E-state index in [2.05, 4.69) is 0 Å². The SMILES string of the molecule is CC(=O)OC(C(=O)C(C)/C=C/c1ccc([N+](=O)[O-])cc1)C(C)C. The Balaban J connectivity index is 2.79. The van der Waals surface area contributed by atoms with E-state index in [0.29, 0.717) is 0 Å². The number of allylic oxidation sites excluding steroid dienone is 1. The molecule has 1 rings (SSSR count). The number of rotatable bonds is 7. The van der Waals surface area contributed by atoms with E-state index in [1.165, 1.54) is 19.1 Å². The maximum Gasteiger partial charge on any atom is 0.303 e. The van der Waals surface area contributed by atoms with Gasteiger partial charge in [-0.25, -0.2) is 0 Å². The first kappa shape index (κ1) is 18.5. The van der Waals surface area contributed by atoms with Crippen LogP contribution in [0.1, 0.15) is 33.3 Å². The summed E-state index contributed by atoms with van der Waals surface area (Å²) in [6.07, 6.45) is 2.64. The Kier molecular flexibility index (Phi) is 6.63. The van der Waals surface area contributed by atoms with Crippen molar-refractivity contribution >= 4 is 23.5 Å². The summed E-state index contributed by atoms with van der Waals surface area (Å²) in [5, 5.41) is 10.6. The fourth-order valence-corrected chi connectivity index (χ4v) is 2.02. The number of carbonyl (C=O) groups is 2. The first-order valence-electron chi connectivity index (χ1n) is 7.36. The molecule has 0 saturated heterocycles. The van der Waals surface area contributed by atoms with E-state index < -0.39 is 22.9 Å². The van der Waals surface area contributed by atoms with Crippen LogP contribution in [-0.4, -0.2) is 22.8 Å². The second-order valence-corrected chi connectivity index (χ2v) is 5.67. The number of hydrogen-bond acceptors (Lipinski definition) is 5. The molecule has 0 spiro atoms. The molecule has 6 heteroatoms. The molecule has 1 aromatic carbocycles. The number of esters is 1. The number of carbonyl (C=O) groups excluding carboxylic acids is 2. The topological polar surface area (TPSA) is 86.5 Å². The predicted molar refractivity (Wildman–Crippen MR) is 86.7 cm³/mol. The van der Waals surface area contributed by atoms with Gasteiger partial charge in [0, 0.05) is 25.0 Å². The van der Waals surface area contributed by atoms with Crippen molar-refractivity contribution < 1.29 is 19.2 Å². The molecule has 0 saturated carbocycles. The van der Waals surface area contributed by atoms with Gasteiger partial charge in [-0.1, -0.05) is 32.9 Å². The highest BCUT2D eigenvalue weighted by Gasteiger charge is 2.28. The molecule has 0 N–H and O–H groups in total. The molecule has 124 valence electrons. The van der Waals surface area contributed by atoms with Gasteiger partial charge < -0.3 is 4.74 Å². The normalized spacial score (nSPS) is 13.8. The molecule has 23 heavy (non-hydrogen) atoms. The average Bonchev–Trinajstić information content (AvgIpc) is 2.49. The lowest BCUT2D eigenvalue weighted by molar-refractivity contribution is -0.384. The van der Waals surface area contributed by atoms with Crippen LogP contribution in [0.15, 0.2) is 30.3 Å². The second kappa shape index (κ2) is 8.22. The molecule has 0 bridgehead atoms. The number of nitro groups is 1. The van der Waals surface area contributed by atoms with Gasteiger partial charge in [-0.2, -0.15) is 0 Å². The van der Waals surface area contributed by atoms with E-state index in [1.54, 1.807) is 31.2 Å². The van der Waals surface area contributed by atoms with Crippen molar-refractivity contribution in [3.63, 3.8) is 0 Å². The number of benzene rings is 1. The molecule has 0 amide bonds. The van der Waals surface area contributed by atoms with Gasteiger partial charge >= 0.3 is 5.97 Å². The summed E-state index contributed by atoms with van der Waals surface area (Å²) in [4.78, 5) is 33.6. The summed E-state index contributed by atoms with van der Waals surface area (Å²) in [6, 6.07) is 6.03. The fraction of sp³-hybridized carbons (Fsp3) is 0.412. The molecule has 2 atom stereocenters. The van der Waals surface area contributed by atoms with Crippen molar-refractivity contribution in [3.8, 4) is 0 Å². The Morgan fingerprint density at radius 2 is 1.74 bits per heavy atom. The van der Waals surface area contributed by atoms with E-state index in [9.17, 15) is 19.7 Å². The summed E-state index contributed by atoms with van der Waals surface area (Å²) in [5.74, 6) is -1.20. The van der Waals surface area contributed by atoms with Crippen LogP contribution in [0.4, 0.5) is 5.69 Å². The summed E-state index contributed by atoms with van der Waals surface area (Å²) in [6.45, 7) is 6.64. The highest BCUT2D eigenvalue weighted by atomic mass is 16.6. The molecule has 0 fully saturated rings. The van der Waals surface area contributed by atoms with Gasteiger partial charge in [-0.3, -0.25) is 19.7 Å². The molecule has 2 unspecified atom stereocenters. The maximum atomic E-state index is 12.4. The van der Waals surface area contributed by atoms with Crippen molar-refractivity contribution in [1.29, 1.82) is 0 Å². The Morgan fingerprint density at radius 1 is 1.17 bits per heavy atom. The van der Waals surface area contributed by atoms with Gasteiger partial charge in [0.15, 0.2) is 11.9 Å². The summed E-state index contributed by atoms with van der Waals surface area (Å²) < 4.78 is 5.09. The molecule has 0 aliphatic carbocycles. The Hall–Kier alpha value is -2.50. The Morgan fingerprint density at radius 3 is 2.17 bits per heavy atom. The molecule has 1 aromatic rings. The summed E-state index contributed by atoms with van der Waals surface area (Å²) >= 11 is 0. The zero-order chi connectivity index (χ0) is 17.6. The van der Waals surface area contributed by atoms with Gasteiger partial charge in [-0.15, -0.1) is 0 Å². The smallest absolute Gasteiger partial charge is 0.303 e. The number of non-ortho nitro benzene ring substituents is 1. The molecule has 0 aliphatic rings. The summed E-state index contributed by atoms with van der Waals surface area (Å²) in [7, 11) is 0. The second-order valence-electron chi connectivity index (χ2n) is 5.67. The van der Waals surface area contributed by atoms with Crippen LogP contribution in [0.5, 0.6) is 0 Å². The quantitative estimate of drug-likeness (QED) is 0.437. The van der Waals surface area contributed by atoms with Crippen LogP contribution in [-0.2, 0) is 14.3 Å². The van der Waals surface area contributed by atoms with Crippen molar-refractivity contribution in [3.05, 3.63) is 46.0 Å². The van der Waals surface area contributed by atoms with Crippen LogP contribution in [0.2, 0.25) is 0 Å². The highest BCUT2D eigenvalue weighted by Crippen LogP contribution is 2.17. The van der Waals surface area contributed by atoms with Gasteiger partial charge in [0.1, 0.15) is 0 Å². The lowest BCUT2D eigenvalue weighted by Crippen LogP contribution is -2.34. The van der Waals surface area contributed by atoms with E-state index >= 15 is 0 Å². The van der Waals surface area contributed by atoms with Crippen molar-refractivity contribution in [2.75, 3.05) is 0 Å². The third-order valence-corrected chi connectivity index (χ3v) is 3.31. The van der Waals surface area contributed by atoms with E-state index in [0.717, 1.165) is 5.56 Å². The molecular weight excluding hydrogens is 298 g/mol. The van der Waals surface area contributed by atoms with Crippen molar-refractivity contribution in [2.24, 2.45) is 11.8 Å². The minimum absolute atomic E-state index is 0.0148. The van der Waals surface area contributed by atoms with Gasteiger partial charge in [-0.05, 0) is 23.6 Å². The monoisotopic (exact) mass is 319 g/mol. The van der Waals surface area contributed by atoms with Crippen LogP contribution in [0.3, 0.4) is 0 Å². The molecule has 0 heterocycles. The van der Waals surface area contributed by atoms with Crippen LogP contribution in [0, 0.1) is 22.0 Å². The third kappa shape index (κ3) is 5.65. The highest BCUT2D eigenvalue weighted by molar-refractivity contribution is 5.89. The zero-order valence-electron chi connectivity index (χ0n) is 13.7. The maximum absolute atomic E-state index is 12.4.